The lowest BCUT2D eigenvalue weighted by molar-refractivity contribution is 0.0767. The van der Waals surface area contributed by atoms with Crippen molar-refractivity contribution in [3.8, 4) is 0 Å². The lowest BCUT2D eigenvalue weighted by Crippen LogP contribution is -2.37. The van der Waals surface area contributed by atoms with E-state index >= 15 is 0 Å². The lowest BCUT2D eigenvalue weighted by atomic mass is 9.90. The van der Waals surface area contributed by atoms with Gasteiger partial charge in [-0.3, -0.25) is 9.69 Å². The summed E-state index contributed by atoms with van der Waals surface area (Å²) in [6.45, 7) is 5.86. The van der Waals surface area contributed by atoms with Gasteiger partial charge in [0.2, 0.25) is 0 Å². The molecule has 3 saturated heterocycles. The third-order valence-electron chi connectivity index (χ3n) is 6.65. The topological polar surface area (TPSA) is 48.9 Å². The zero-order valence-electron chi connectivity index (χ0n) is 17.7. The van der Waals surface area contributed by atoms with Crippen LogP contribution in [0.3, 0.4) is 0 Å². The van der Waals surface area contributed by atoms with Crippen molar-refractivity contribution < 1.29 is 9.53 Å². The number of halogens is 2. The van der Waals surface area contributed by atoms with Gasteiger partial charge in [-0.05, 0) is 30.7 Å². The Kier molecular flexibility index (Phi) is 7.81. The summed E-state index contributed by atoms with van der Waals surface area (Å²) in [5.41, 5.74) is 2.04. The molecule has 168 valence electrons. The summed E-state index contributed by atoms with van der Waals surface area (Å²) in [6, 6.07) is 15.0. The number of morpholine rings is 1. The van der Waals surface area contributed by atoms with Crippen LogP contribution in [-0.2, 0) is 4.74 Å². The average molecular weight is 465 g/mol. The largest absolute Gasteiger partial charge is 0.378 e. The number of hydrogen-bond donors (Lipinski definition) is 0. The molecule has 6 nitrogen and oxygen atoms in total. The van der Waals surface area contributed by atoms with Crippen LogP contribution in [0.5, 0.6) is 0 Å². The molecule has 3 aliphatic heterocycles. The molecular formula is C23H30Cl2N4O2. The van der Waals surface area contributed by atoms with Gasteiger partial charge in [-0.25, -0.2) is 4.98 Å². The minimum Gasteiger partial charge on any atom is -0.378 e. The fourth-order valence-corrected chi connectivity index (χ4v) is 5.25. The SMILES string of the molecule is CN1C[C@H]2CN(C(=O)c3ccc(N4CCOCC4)nc3)C[C@H]2[C@@H]1c1ccccc1.Cl.Cl. The van der Waals surface area contributed by atoms with Crippen molar-refractivity contribution in [1.29, 1.82) is 0 Å². The zero-order chi connectivity index (χ0) is 19.8. The van der Waals surface area contributed by atoms with E-state index in [0.717, 1.165) is 51.8 Å². The Labute approximate surface area is 196 Å². The Morgan fingerprint density at radius 1 is 1.00 bits per heavy atom. The molecule has 3 aliphatic rings. The van der Waals surface area contributed by atoms with Gasteiger partial charge in [-0.2, -0.15) is 0 Å². The van der Waals surface area contributed by atoms with Gasteiger partial charge in [0, 0.05) is 50.9 Å². The molecule has 31 heavy (non-hydrogen) atoms. The van der Waals surface area contributed by atoms with Crippen LogP contribution >= 0.6 is 24.8 Å². The standard InChI is InChI=1S/C23H28N4O2.2ClH/c1-25-14-19-15-27(16-20(19)22(25)17-5-3-2-4-6-17)23(28)18-7-8-21(24-13-18)26-9-11-29-12-10-26;;/h2-8,13,19-20,22H,9-12,14-16H2,1H3;2*1H/t19-,20+,22-;;/m0../s1. The molecule has 1 aromatic carbocycles. The van der Waals surface area contributed by atoms with E-state index in [4.69, 9.17) is 4.74 Å². The molecule has 0 N–H and O–H groups in total. The van der Waals surface area contributed by atoms with E-state index in [2.05, 4.69) is 52.2 Å². The van der Waals surface area contributed by atoms with Gasteiger partial charge in [-0.1, -0.05) is 30.3 Å². The highest BCUT2D eigenvalue weighted by Gasteiger charge is 2.47. The van der Waals surface area contributed by atoms with E-state index < -0.39 is 0 Å². The van der Waals surface area contributed by atoms with Crippen LogP contribution < -0.4 is 4.90 Å². The van der Waals surface area contributed by atoms with Crippen molar-refractivity contribution in [2.45, 2.75) is 6.04 Å². The van der Waals surface area contributed by atoms with Crippen molar-refractivity contribution in [3.63, 3.8) is 0 Å². The Morgan fingerprint density at radius 2 is 1.74 bits per heavy atom. The summed E-state index contributed by atoms with van der Waals surface area (Å²) in [4.78, 5) is 24.4. The van der Waals surface area contributed by atoms with Crippen LogP contribution in [0.1, 0.15) is 22.0 Å². The predicted octanol–water partition coefficient (Wildman–Crippen LogP) is 3.14. The molecule has 5 rings (SSSR count). The second-order valence-corrected chi connectivity index (χ2v) is 8.43. The van der Waals surface area contributed by atoms with Gasteiger partial charge in [0.25, 0.3) is 5.91 Å². The number of nitrogens with zero attached hydrogens (tertiary/aromatic N) is 4. The van der Waals surface area contributed by atoms with Crippen LogP contribution in [0.25, 0.3) is 0 Å². The maximum Gasteiger partial charge on any atom is 0.255 e. The number of carbonyl (C=O) groups is 1. The van der Waals surface area contributed by atoms with Gasteiger partial charge in [0.15, 0.2) is 0 Å². The third-order valence-corrected chi connectivity index (χ3v) is 6.65. The first-order valence-corrected chi connectivity index (χ1v) is 10.5. The summed E-state index contributed by atoms with van der Waals surface area (Å²) in [6.07, 6.45) is 1.74. The Morgan fingerprint density at radius 3 is 2.42 bits per heavy atom. The molecule has 3 atom stereocenters. The molecule has 3 fully saturated rings. The van der Waals surface area contributed by atoms with Crippen LogP contribution in [-0.4, -0.2) is 73.7 Å². The number of ether oxygens (including phenoxy) is 1. The number of fused-ring (bicyclic) bond motifs is 1. The van der Waals surface area contributed by atoms with Gasteiger partial charge in [0.05, 0.1) is 18.8 Å². The fourth-order valence-electron chi connectivity index (χ4n) is 5.25. The van der Waals surface area contributed by atoms with Crippen molar-refractivity contribution in [3.05, 3.63) is 59.8 Å². The minimum atomic E-state index is 0. The van der Waals surface area contributed by atoms with E-state index in [-0.39, 0.29) is 30.7 Å². The highest BCUT2D eigenvalue weighted by atomic mass is 35.5. The normalized spacial score (nSPS) is 25.5. The highest BCUT2D eigenvalue weighted by molar-refractivity contribution is 5.94. The van der Waals surface area contributed by atoms with E-state index in [1.165, 1.54) is 5.56 Å². The van der Waals surface area contributed by atoms with Crippen molar-refractivity contribution in [2.24, 2.45) is 11.8 Å². The number of pyridine rings is 1. The predicted molar refractivity (Wildman–Crippen MR) is 126 cm³/mol. The van der Waals surface area contributed by atoms with E-state index in [9.17, 15) is 4.79 Å². The molecule has 2 aromatic rings. The monoisotopic (exact) mass is 464 g/mol. The Bertz CT molecular complexity index is 862. The summed E-state index contributed by atoms with van der Waals surface area (Å²) in [7, 11) is 2.20. The molecule has 1 amide bonds. The number of carbonyl (C=O) groups excluding carboxylic acids is 1. The molecule has 4 heterocycles. The zero-order valence-corrected chi connectivity index (χ0v) is 19.4. The van der Waals surface area contributed by atoms with Gasteiger partial charge in [-0.15, -0.1) is 24.8 Å². The molecule has 1 aromatic heterocycles. The maximum atomic E-state index is 13.1. The molecule has 0 aliphatic carbocycles. The molecule has 0 spiro atoms. The first kappa shape index (κ1) is 23.8. The molecule has 0 saturated carbocycles. The number of rotatable bonds is 3. The van der Waals surface area contributed by atoms with Crippen LogP contribution in [0.2, 0.25) is 0 Å². The van der Waals surface area contributed by atoms with Gasteiger partial charge < -0.3 is 14.5 Å². The van der Waals surface area contributed by atoms with Crippen LogP contribution in [0.4, 0.5) is 5.82 Å². The smallest absolute Gasteiger partial charge is 0.255 e. The Balaban J connectivity index is 0.00000136. The fraction of sp³-hybridized carbons (Fsp3) is 0.478. The van der Waals surface area contributed by atoms with Crippen LogP contribution in [0, 0.1) is 11.8 Å². The van der Waals surface area contributed by atoms with E-state index in [1.54, 1.807) is 6.20 Å². The number of benzene rings is 1. The maximum absolute atomic E-state index is 13.1. The number of aromatic nitrogens is 1. The third kappa shape index (κ3) is 4.67. The highest BCUT2D eigenvalue weighted by Crippen LogP contribution is 2.44. The van der Waals surface area contributed by atoms with Crippen molar-refractivity contribution in [1.82, 2.24) is 14.8 Å². The van der Waals surface area contributed by atoms with Gasteiger partial charge in [0.1, 0.15) is 5.82 Å². The second-order valence-electron chi connectivity index (χ2n) is 8.43. The lowest BCUT2D eigenvalue weighted by Gasteiger charge is -2.28. The van der Waals surface area contributed by atoms with Crippen molar-refractivity contribution >= 4 is 36.5 Å². The summed E-state index contributed by atoms with van der Waals surface area (Å²) in [5.74, 6) is 2.06. The minimum absolute atomic E-state index is 0. The summed E-state index contributed by atoms with van der Waals surface area (Å²) < 4.78 is 5.40. The van der Waals surface area contributed by atoms with E-state index in [0.29, 0.717) is 23.4 Å². The first-order chi connectivity index (χ1) is 14.2. The average Bonchev–Trinajstić information content (AvgIpc) is 3.31. The second kappa shape index (κ2) is 10.2. The molecular weight excluding hydrogens is 435 g/mol. The number of anilines is 1. The number of amides is 1. The van der Waals surface area contributed by atoms with Crippen LogP contribution in [0.15, 0.2) is 48.7 Å². The summed E-state index contributed by atoms with van der Waals surface area (Å²) >= 11 is 0. The Hall–Kier alpha value is -1.86. The number of hydrogen-bond acceptors (Lipinski definition) is 5. The quantitative estimate of drug-likeness (QED) is 0.697. The van der Waals surface area contributed by atoms with Gasteiger partial charge >= 0.3 is 0 Å². The molecule has 0 unspecified atom stereocenters. The first-order valence-electron chi connectivity index (χ1n) is 10.5. The molecule has 8 heteroatoms. The van der Waals surface area contributed by atoms with E-state index in [1.807, 2.05) is 17.0 Å². The molecule has 0 bridgehead atoms. The summed E-state index contributed by atoms with van der Waals surface area (Å²) in [5, 5.41) is 0. The molecule has 0 radical (unpaired) electrons. The van der Waals surface area contributed by atoms with Crippen molar-refractivity contribution in [2.75, 3.05) is 57.9 Å². The number of likely N-dealkylation sites (tertiary alicyclic amines) is 2.